The first kappa shape index (κ1) is 18.3. The lowest BCUT2D eigenvalue weighted by Gasteiger charge is -2.33. The summed E-state index contributed by atoms with van der Waals surface area (Å²) in [5.41, 5.74) is 0.637. The molecule has 0 radical (unpaired) electrons. The summed E-state index contributed by atoms with van der Waals surface area (Å²) in [5.74, 6) is -0.845. The largest absolute Gasteiger partial charge is 0.396 e. The number of nitro groups is 1. The summed E-state index contributed by atoms with van der Waals surface area (Å²) >= 11 is 0. The second-order valence-corrected chi connectivity index (χ2v) is 8.58. The van der Waals surface area contributed by atoms with Crippen LogP contribution in [-0.4, -0.2) is 41.5 Å². The molecule has 2 bridgehead atoms. The van der Waals surface area contributed by atoms with Crippen LogP contribution < -0.4 is 9.80 Å². The highest BCUT2D eigenvalue weighted by atomic mass is 16.6. The highest BCUT2D eigenvalue weighted by molar-refractivity contribution is 6.23. The Labute approximate surface area is 167 Å². The van der Waals surface area contributed by atoms with E-state index in [1.165, 1.54) is 6.07 Å². The zero-order valence-corrected chi connectivity index (χ0v) is 15.9. The second-order valence-electron chi connectivity index (χ2n) is 8.58. The average molecular weight is 397 g/mol. The van der Waals surface area contributed by atoms with Gasteiger partial charge in [0.05, 0.1) is 22.4 Å². The summed E-state index contributed by atoms with van der Waals surface area (Å²) in [6.07, 6.45) is 6.65. The van der Waals surface area contributed by atoms with E-state index >= 15 is 0 Å². The van der Waals surface area contributed by atoms with Crippen LogP contribution >= 0.6 is 0 Å². The number of imide groups is 1. The molecule has 5 rings (SSSR count). The Morgan fingerprint density at radius 1 is 1.14 bits per heavy atom. The molecule has 1 N–H and O–H groups in total. The van der Waals surface area contributed by atoms with Crippen LogP contribution in [0.3, 0.4) is 0 Å². The monoisotopic (exact) mass is 397 g/mol. The molecule has 0 aromatic heterocycles. The van der Waals surface area contributed by atoms with Crippen molar-refractivity contribution in [3.8, 4) is 0 Å². The van der Waals surface area contributed by atoms with Gasteiger partial charge in [-0.05, 0) is 49.1 Å². The summed E-state index contributed by atoms with van der Waals surface area (Å²) in [5, 5.41) is 21.2. The molecule has 2 aliphatic heterocycles. The standard InChI is InChI=1S/C21H23N3O5/c25-11-12-2-1-7-22(10-12)16-6-5-15(9-17(16)24(28)29)23-20(26)18-13-3-4-14(8-13)19(18)21(23)27/h3-6,9,12-14,18-19,25H,1-2,7-8,10-11H2/t12-,13-,14-,18+,19+/m0/s1. The van der Waals surface area contributed by atoms with E-state index in [0.717, 1.165) is 24.2 Å². The van der Waals surface area contributed by atoms with E-state index in [1.807, 2.05) is 17.1 Å². The first-order valence-corrected chi connectivity index (χ1v) is 10.2. The van der Waals surface area contributed by atoms with Crippen molar-refractivity contribution in [3.05, 3.63) is 40.5 Å². The Morgan fingerprint density at radius 2 is 1.83 bits per heavy atom. The van der Waals surface area contributed by atoms with Gasteiger partial charge in [-0.3, -0.25) is 19.7 Å². The number of anilines is 2. The molecule has 1 aromatic rings. The third-order valence-electron chi connectivity index (χ3n) is 7.00. The molecule has 5 atom stereocenters. The third-order valence-corrected chi connectivity index (χ3v) is 7.00. The van der Waals surface area contributed by atoms with E-state index in [-0.39, 0.29) is 59.4 Å². The van der Waals surface area contributed by atoms with E-state index in [9.17, 15) is 24.8 Å². The zero-order valence-electron chi connectivity index (χ0n) is 15.9. The van der Waals surface area contributed by atoms with Gasteiger partial charge in [0.25, 0.3) is 5.69 Å². The third kappa shape index (κ3) is 2.69. The van der Waals surface area contributed by atoms with Crippen LogP contribution in [0.1, 0.15) is 19.3 Å². The Hall–Kier alpha value is -2.74. The molecular formula is C21H23N3O5. The van der Waals surface area contributed by atoms with Gasteiger partial charge in [-0.15, -0.1) is 0 Å². The summed E-state index contributed by atoms with van der Waals surface area (Å²) in [7, 11) is 0. The Bertz CT molecular complexity index is 899. The van der Waals surface area contributed by atoms with Crippen molar-refractivity contribution < 1.29 is 19.6 Å². The molecule has 152 valence electrons. The number of nitro benzene ring substituents is 1. The molecule has 8 nitrogen and oxygen atoms in total. The lowest BCUT2D eigenvalue weighted by atomic mass is 9.85. The predicted molar refractivity (Wildman–Crippen MR) is 105 cm³/mol. The van der Waals surface area contributed by atoms with Crippen molar-refractivity contribution in [2.45, 2.75) is 19.3 Å². The molecule has 2 heterocycles. The highest BCUT2D eigenvalue weighted by Gasteiger charge is 2.59. The number of carbonyl (C=O) groups is 2. The molecule has 1 saturated carbocycles. The van der Waals surface area contributed by atoms with Crippen molar-refractivity contribution in [1.29, 1.82) is 0 Å². The minimum atomic E-state index is -0.460. The molecule has 2 amide bonds. The van der Waals surface area contributed by atoms with Crippen LogP contribution in [0.5, 0.6) is 0 Å². The van der Waals surface area contributed by atoms with Crippen molar-refractivity contribution >= 4 is 28.9 Å². The highest BCUT2D eigenvalue weighted by Crippen LogP contribution is 2.53. The summed E-state index contributed by atoms with van der Waals surface area (Å²) in [4.78, 5) is 40.4. The van der Waals surface area contributed by atoms with Crippen molar-refractivity contribution in [2.24, 2.45) is 29.6 Å². The number of allylic oxidation sites excluding steroid dienone is 2. The number of nitrogens with zero attached hydrogens (tertiary/aromatic N) is 3. The molecule has 0 unspecified atom stereocenters. The number of benzene rings is 1. The SMILES string of the molecule is O=C1[C@H]2[C@H](C(=O)N1c1ccc(N3CCC[C@H](CO)C3)c([N+](=O)[O-])c1)[C@H]1C=C[C@H]2C1. The van der Waals surface area contributed by atoms with Gasteiger partial charge in [-0.1, -0.05) is 12.2 Å². The average Bonchev–Trinajstić information content (AvgIpc) is 3.41. The van der Waals surface area contributed by atoms with Crippen LogP contribution in [0, 0.1) is 39.7 Å². The minimum Gasteiger partial charge on any atom is -0.396 e. The molecule has 4 aliphatic rings. The fourth-order valence-electron chi connectivity index (χ4n) is 5.65. The van der Waals surface area contributed by atoms with Gasteiger partial charge in [0.1, 0.15) is 5.69 Å². The van der Waals surface area contributed by atoms with Gasteiger partial charge in [0, 0.05) is 25.8 Å². The van der Waals surface area contributed by atoms with Gasteiger partial charge in [-0.25, -0.2) is 4.90 Å². The van der Waals surface area contributed by atoms with Gasteiger partial charge < -0.3 is 10.0 Å². The quantitative estimate of drug-likeness (QED) is 0.361. The van der Waals surface area contributed by atoms with Gasteiger partial charge in [-0.2, -0.15) is 0 Å². The Balaban J connectivity index is 1.48. The maximum Gasteiger partial charge on any atom is 0.294 e. The Morgan fingerprint density at radius 3 is 2.45 bits per heavy atom. The van der Waals surface area contributed by atoms with E-state index < -0.39 is 4.92 Å². The van der Waals surface area contributed by atoms with Crippen molar-refractivity contribution in [2.75, 3.05) is 29.5 Å². The van der Waals surface area contributed by atoms with Gasteiger partial charge in [0.2, 0.25) is 11.8 Å². The number of fused-ring (bicyclic) bond motifs is 5. The van der Waals surface area contributed by atoms with Crippen LogP contribution in [0.15, 0.2) is 30.4 Å². The number of amides is 2. The van der Waals surface area contributed by atoms with Crippen LogP contribution in [0.2, 0.25) is 0 Å². The fraction of sp³-hybridized carbons (Fsp3) is 0.524. The molecule has 29 heavy (non-hydrogen) atoms. The normalized spacial score (nSPS) is 32.9. The number of aliphatic hydroxyl groups is 1. The molecule has 2 saturated heterocycles. The minimum absolute atomic E-state index is 0.0539. The number of hydrogen-bond donors (Lipinski definition) is 1. The zero-order chi connectivity index (χ0) is 20.3. The maximum absolute atomic E-state index is 13.0. The maximum atomic E-state index is 13.0. The predicted octanol–water partition coefficient (Wildman–Crippen LogP) is 2.12. The van der Waals surface area contributed by atoms with E-state index in [1.54, 1.807) is 12.1 Å². The Kier molecular flexibility index (Phi) is 4.20. The second kappa shape index (κ2) is 6.66. The van der Waals surface area contributed by atoms with Crippen LogP contribution in [0.4, 0.5) is 17.1 Å². The van der Waals surface area contributed by atoms with Crippen LogP contribution in [0.25, 0.3) is 0 Å². The van der Waals surface area contributed by atoms with Crippen LogP contribution in [-0.2, 0) is 9.59 Å². The van der Waals surface area contributed by atoms with E-state index in [2.05, 4.69) is 0 Å². The van der Waals surface area contributed by atoms with Gasteiger partial charge >= 0.3 is 0 Å². The molecular weight excluding hydrogens is 374 g/mol. The molecule has 2 aliphatic carbocycles. The number of hydrogen-bond acceptors (Lipinski definition) is 6. The van der Waals surface area contributed by atoms with Crippen molar-refractivity contribution in [3.63, 3.8) is 0 Å². The number of rotatable bonds is 4. The molecule has 8 heteroatoms. The fourth-order valence-corrected chi connectivity index (χ4v) is 5.65. The lowest BCUT2D eigenvalue weighted by molar-refractivity contribution is -0.384. The molecule has 3 fully saturated rings. The molecule has 0 spiro atoms. The smallest absolute Gasteiger partial charge is 0.294 e. The first-order chi connectivity index (χ1) is 14.0. The number of aliphatic hydroxyl groups excluding tert-OH is 1. The molecule has 1 aromatic carbocycles. The number of piperidine rings is 1. The lowest BCUT2D eigenvalue weighted by Crippen LogP contribution is -2.37. The van der Waals surface area contributed by atoms with E-state index in [4.69, 9.17) is 0 Å². The first-order valence-electron chi connectivity index (χ1n) is 10.2. The van der Waals surface area contributed by atoms with Gasteiger partial charge in [0.15, 0.2) is 0 Å². The number of carbonyl (C=O) groups excluding carboxylic acids is 2. The summed E-state index contributed by atoms with van der Waals surface area (Å²) in [6, 6.07) is 4.62. The van der Waals surface area contributed by atoms with Crippen molar-refractivity contribution in [1.82, 2.24) is 0 Å². The van der Waals surface area contributed by atoms with E-state index in [0.29, 0.717) is 18.8 Å². The summed E-state index contributed by atoms with van der Waals surface area (Å²) < 4.78 is 0. The summed E-state index contributed by atoms with van der Waals surface area (Å²) in [6.45, 7) is 1.28. The topological polar surface area (TPSA) is 104 Å².